The standard InChI is InChI=1S/C32H29N5O/c1-32(2,3)23-15-13-20(14-16-23)22-17-27-25(28(38)18-22)19-33-30(35-27)37-31-34-26-12-8-7-11-24(26)29(36-31)21-9-5-4-6-10-21/h4-16,19,22H,17-18H2,1-3H3,(H,33,34,35,36,37)/t22-/m1/s1. The average Bonchev–Trinajstić information content (AvgIpc) is 2.92. The van der Waals surface area contributed by atoms with Crippen molar-refractivity contribution in [2.45, 2.75) is 44.9 Å². The number of hydrogen-bond donors (Lipinski definition) is 1. The zero-order valence-electron chi connectivity index (χ0n) is 21.8. The van der Waals surface area contributed by atoms with Crippen molar-refractivity contribution in [3.63, 3.8) is 0 Å². The molecule has 0 saturated carbocycles. The van der Waals surface area contributed by atoms with Gasteiger partial charge in [0.05, 0.1) is 22.5 Å². The van der Waals surface area contributed by atoms with Crippen LogP contribution in [0.4, 0.5) is 11.9 Å². The van der Waals surface area contributed by atoms with Gasteiger partial charge in [0.15, 0.2) is 5.78 Å². The largest absolute Gasteiger partial charge is 0.294 e. The number of nitrogens with one attached hydrogen (secondary N) is 1. The highest BCUT2D eigenvalue weighted by Crippen LogP contribution is 2.34. The second-order valence-electron chi connectivity index (χ2n) is 10.9. The Balaban J connectivity index is 1.31. The van der Waals surface area contributed by atoms with Crippen molar-refractivity contribution in [2.75, 3.05) is 5.32 Å². The Kier molecular flexibility index (Phi) is 5.95. The van der Waals surface area contributed by atoms with Crippen LogP contribution < -0.4 is 5.32 Å². The number of para-hydroxylation sites is 1. The van der Waals surface area contributed by atoms with Crippen LogP contribution in [0.2, 0.25) is 0 Å². The van der Waals surface area contributed by atoms with E-state index in [0.717, 1.165) is 33.4 Å². The molecule has 0 amide bonds. The Morgan fingerprint density at radius 3 is 2.29 bits per heavy atom. The third kappa shape index (κ3) is 4.65. The second-order valence-corrected chi connectivity index (χ2v) is 10.9. The van der Waals surface area contributed by atoms with E-state index in [9.17, 15) is 4.79 Å². The summed E-state index contributed by atoms with van der Waals surface area (Å²) in [7, 11) is 0. The number of anilines is 2. The average molecular weight is 500 g/mol. The van der Waals surface area contributed by atoms with Crippen LogP contribution in [0, 0.1) is 0 Å². The second kappa shape index (κ2) is 9.45. The minimum Gasteiger partial charge on any atom is -0.294 e. The highest BCUT2D eigenvalue weighted by molar-refractivity contribution is 5.98. The summed E-state index contributed by atoms with van der Waals surface area (Å²) in [6, 6.07) is 26.6. The van der Waals surface area contributed by atoms with E-state index >= 15 is 0 Å². The summed E-state index contributed by atoms with van der Waals surface area (Å²) in [5.74, 6) is 0.970. The van der Waals surface area contributed by atoms with Gasteiger partial charge in [-0.2, -0.15) is 0 Å². The lowest BCUT2D eigenvalue weighted by Gasteiger charge is -2.25. The maximum atomic E-state index is 13.0. The molecule has 0 aliphatic heterocycles. The fraction of sp³-hybridized carbons (Fsp3) is 0.219. The Morgan fingerprint density at radius 2 is 1.53 bits per heavy atom. The number of aromatic nitrogens is 4. The normalized spacial score (nSPS) is 15.3. The lowest BCUT2D eigenvalue weighted by atomic mass is 9.80. The van der Waals surface area contributed by atoms with Crippen molar-refractivity contribution < 1.29 is 4.79 Å². The number of benzene rings is 3. The zero-order chi connectivity index (χ0) is 26.3. The van der Waals surface area contributed by atoms with Crippen molar-refractivity contribution >= 4 is 28.6 Å². The summed E-state index contributed by atoms with van der Waals surface area (Å²) in [5.41, 5.74) is 6.56. The molecule has 38 heavy (non-hydrogen) atoms. The molecular formula is C32H29N5O. The predicted molar refractivity (Wildman–Crippen MR) is 151 cm³/mol. The highest BCUT2D eigenvalue weighted by Gasteiger charge is 2.28. The molecule has 5 aromatic rings. The summed E-state index contributed by atoms with van der Waals surface area (Å²) in [6.07, 6.45) is 2.78. The summed E-state index contributed by atoms with van der Waals surface area (Å²) in [6.45, 7) is 6.61. The van der Waals surface area contributed by atoms with Crippen molar-refractivity contribution in [3.05, 3.63) is 107 Å². The molecule has 3 aromatic carbocycles. The van der Waals surface area contributed by atoms with E-state index in [1.165, 1.54) is 5.56 Å². The van der Waals surface area contributed by atoms with E-state index in [0.29, 0.717) is 30.3 Å². The van der Waals surface area contributed by atoms with Crippen molar-refractivity contribution in [3.8, 4) is 11.3 Å². The van der Waals surface area contributed by atoms with Crippen LogP contribution in [0.15, 0.2) is 85.1 Å². The molecule has 0 saturated heterocycles. The minimum atomic E-state index is 0.0796. The first-order valence-corrected chi connectivity index (χ1v) is 12.9. The van der Waals surface area contributed by atoms with Gasteiger partial charge in [-0.3, -0.25) is 10.1 Å². The molecule has 1 atom stereocenters. The third-order valence-corrected chi connectivity index (χ3v) is 7.16. The summed E-state index contributed by atoms with van der Waals surface area (Å²) >= 11 is 0. The Labute approximate surface area is 222 Å². The number of carbonyl (C=O) groups excluding carboxylic acids is 1. The molecule has 0 unspecified atom stereocenters. The van der Waals surface area contributed by atoms with Crippen LogP contribution >= 0.6 is 0 Å². The number of hydrogen-bond acceptors (Lipinski definition) is 6. The Bertz CT molecular complexity index is 1640. The SMILES string of the molecule is CC(C)(C)c1ccc([C@H]2CC(=O)c3cnc(Nc4nc(-c5ccccc5)c5ccccc5n4)nc3C2)cc1. The van der Waals surface area contributed by atoms with E-state index in [1.54, 1.807) is 6.20 Å². The molecule has 2 aromatic heterocycles. The summed E-state index contributed by atoms with van der Waals surface area (Å²) in [5, 5.41) is 4.17. The quantitative estimate of drug-likeness (QED) is 0.286. The van der Waals surface area contributed by atoms with E-state index in [2.05, 4.69) is 55.3 Å². The van der Waals surface area contributed by atoms with Gasteiger partial charge >= 0.3 is 0 Å². The smallest absolute Gasteiger partial charge is 0.230 e. The van der Waals surface area contributed by atoms with Crippen LogP contribution in [-0.4, -0.2) is 25.7 Å². The number of nitrogens with zero attached hydrogens (tertiary/aromatic N) is 4. The van der Waals surface area contributed by atoms with Gasteiger partial charge in [-0.25, -0.2) is 19.9 Å². The molecule has 6 rings (SSSR count). The van der Waals surface area contributed by atoms with Crippen molar-refractivity contribution in [2.24, 2.45) is 0 Å². The van der Waals surface area contributed by atoms with Gasteiger partial charge in [0.1, 0.15) is 0 Å². The lowest BCUT2D eigenvalue weighted by Crippen LogP contribution is -2.21. The van der Waals surface area contributed by atoms with Gasteiger partial charge in [0.25, 0.3) is 0 Å². The Morgan fingerprint density at radius 1 is 0.789 bits per heavy atom. The molecule has 6 heteroatoms. The number of ketones is 1. The van der Waals surface area contributed by atoms with Crippen LogP contribution in [0.5, 0.6) is 0 Å². The number of fused-ring (bicyclic) bond motifs is 2. The molecule has 0 fully saturated rings. The lowest BCUT2D eigenvalue weighted by molar-refractivity contribution is 0.0962. The molecule has 188 valence electrons. The topological polar surface area (TPSA) is 80.7 Å². The fourth-order valence-corrected chi connectivity index (χ4v) is 5.04. The third-order valence-electron chi connectivity index (χ3n) is 7.16. The molecule has 1 aliphatic rings. The van der Waals surface area contributed by atoms with Gasteiger partial charge in [-0.05, 0) is 34.9 Å². The molecule has 2 heterocycles. The molecule has 1 aliphatic carbocycles. The van der Waals surface area contributed by atoms with Crippen LogP contribution in [0.3, 0.4) is 0 Å². The summed E-state index contributed by atoms with van der Waals surface area (Å²) in [4.78, 5) is 31.7. The van der Waals surface area contributed by atoms with Gasteiger partial charge in [-0.15, -0.1) is 0 Å². The maximum absolute atomic E-state index is 13.0. The molecule has 0 bridgehead atoms. The van der Waals surface area contributed by atoms with Crippen LogP contribution in [0.1, 0.15) is 60.3 Å². The first-order chi connectivity index (χ1) is 18.3. The number of Topliss-reactive ketones (excluding diaryl/α,β-unsaturated/α-hetero) is 1. The maximum Gasteiger partial charge on any atom is 0.230 e. The first-order valence-electron chi connectivity index (χ1n) is 12.9. The van der Waals surface area contributed by atoms with Crippen molar-refractivity contribution in [1.29, 1.82) is 0 Å². The van der Waals surface area contributed by atoms with Crippen LogP contribution in [-0.2, 0) is 11.8 Å². The van der Waals surface area contributed by atoms with Crippen molar-refractivity contribution in [1.82, 2.24) is 19.9 Å². The molecule has 0 radical (unpaired) electrons. The van der Waals surface area contributed by atoms with Gasteiger partial charge < -0.3 is 0 Å². The molecule has 6 nitrogen and oxygen atoms in total. The summed E-state index contributed by atoms with van der Waals surface area (Å²) < 4.78 is 0. The zero-order valence-corrected chi connectivity index (χ0v) is 21.8. The van der Waals surface area contributed by atoms with E-state index in [1.807, 2.05) is 54.6 Å². The van der Waals surface area contributed by atoms with E-state index in [4.69, 9.17) is 15.0 Å². The number of rotatable bonds is 4. The van der Waals surface area contributed by atoms with E-state index in [-0.39, 0.29) is 17.1 Å². The first kappa shape index (κ1) is 23.9. The Hall–Kier alpha value is -4.45. The predicted octanol–water partition coefficient (Wildman–Crippen LogP) is 7.04. The number of carbonyl (C=O) groups is 1. The van der Waals surface area contributed by atoms with Gasteiger partial charge in [0, 0.05) is 23.6 Å². The highest BCUT2D eigenvalue weighted by atomic mass is 16.1. The monoisotopic (exact) mass is 499 g/mol. The molecule has 0 spiro atoms. The van der Waals surface area contributed by atoms with Crippen LogP contribution in [0.25, 0.3) is 22.2 Å². The fourth-order valence-electron chi connectivity index (χ4n) is 5.04. The van der Waals surface area contributed by atoms with E-state index < -0.39 is 0 Å². The van der Waals surface area contributed by atoms with Gasteiger partial charge in [-0.1, -0.05) is 93.6 Å². The molecular weight excluding hydrogens is 470 g/mol. The van der Waals surface area contributed by atoms with Gasteiger partial charge in [0.2, 0.25) is 11.9 Å². The minimum absolute atomic E-state index is 0.0796. The molecule has 1 N–H and O–H groups in total.